The molecule has 3 rings (SSSR count). The summed E-state index contributed by atoms with van der Waals surface area (Å²) in [4.78, 5) is 14.4. The van der Waals surface area contributed by atoms with E-state index in [1.165, 1.54) is 0 Å². The van der Waals surface area contributed by atoms with Crippen LogP contribution in [0.15, 0.2) is 30.3 Å². The lowest BCUT2D eigenvalue weighted by atomic mass is 10.1. The van der Waals surface area contributed by atoms with Gasteiger partial charge in [-0.3, -0.25) is 9.89 Å². The first-order valence-corrected chi connectivity index (χ1v) is 7.78. The highest BCUT2D eigenvalue weighted by Gasteiger charge is 2.25. The van der Waals surface area contributed by atoms with Gasteiger partial charge in [-0.15, -0.1) is 0 Å². The Morgan fingerprint density at radius 1 is 1.50 bits per heavy atom. The lowest BCUT2D eigenvalue weighted by molar-refractivity contribution is -0.0228. The molecule has 2 heterocycles. The molecule has 0 bridgehead atoms. The number of aromatic nitrogens is 2. The van der Waals surface area contributed by atoms with Crippen molar-refractivity contribution in [3.05, 3.63) is 41.0 Å². The number of halogens is 1. The van der Waals surface area contributed by atoms with Crippen molar-refractivity contribution in [1.29, 1.82) is 0 Å². The molecular formula is C16H18ClN3O2. The van der Waals surface area contributed by atoms with Crippen molar-refractivity contribution in [2.45, 2.75) is 19.4 Å². The third-order valence-electron chi connectivity index (χ3n) is 3.84. The van der Waals surface area contributed by atoms with Crippen LogP contribution >= 0.6 is 11.6 Å². The standard InChI is InChI=1S/C16H18ClN3O2/c1-2-11-10-20(7-8-22-11)16(21)15-9-14(18-19-15)12-5-3-4-6-13(12)17/h3-6,9,11H,2,7-8,10H2,1H3,(H,18,19). The molecule has 0 saturated carbocycles. The minimum Gasteiger partial charge on any atom is -0.375 e. The molecule has 1 aliphatic heterocycles. The minimum absolute atomic E-state index is 0.0486. The molecule has 1 atom stereocenters. The van der Waals surface area contributed by atoms with Crippen LogP contribution in [0.4, 0.5) is 0 Å². The van der Waals surface area contributed by atoms with Gasteiger partial charge in [0.05, 0.1) is 23.4 Å². The van der Waals surface area contributed by atoms with E-state index in [4.69, 9.17) is 16.3 Å². The van der Waals surface area contributed by atoms with E-state index in [0.717, 1.165) is 12.0 Å². The molecule has 1 aliphatic rings. The molecule has 0 radical (unpaired) electrons. The monoisotopic (exact) mass is 319 g/mol. The first-order valence-electron chi connectivity index (χ1n) is 7.40. The molecule has 1 unspecified atom stereocenters. The van der Waals surface area contributed by atoms with E-state index >= 15 is 0 Å². The SMILES string of the molecule is CCC1CN(C(=O)c2cc(-c3ccccc3Cl)n[nH]2)CCO1. The Kier molecular flexibility index (Phi) is 4.45. The van der Waals surface area contributed by atoms with Crippen molar-refractivity contribution < 1.29 is 9.53 Å². The van der Waals surface area contributed by atoms with Crippen molar-refractivity contribution in [2.24, 2.45) is 0 Å². The lowest BCUT2D eigenvalue weighted by Gasteiger charge is -2.32. The highest BCUT2D eigenvalue weighted by molar-refractivity contribution is 6.33. The highest BCUT2D eigenvalue weighted by Crippen LogP contribution is 2.26. The molecule has 2 aromatic rings. The number of carbonyl (C=O) groups excluding carboxylic acids is 1. The average Bonchev–Trinajstić information content (AvgIpc) is 3.04. The van der Waals surface area contributed by atoms with Gasteiger partial charge in [-0.25, -0.2) is 0 Å². The van der Waals surface area contributed by atoms with E-state index in [0.29, 0.717) is 36.1 Å². The Morgan fingerprint density at radius 2 is 2.32 bits per heavy atom. The van der Waals surface area contributed by atoms with Gasteiger partial charge in [0.15, 0.2) is 0 Å². The second-order valence-corrected chi connectivity index (χ2v) is 5.71. The number of nitrogens with zero attached hydrogens (tertiary/aromatic N) is 2. The van der Waals surface area contributed by atoms with E-state index in [1.54, 1.807) is 12.1 Å². The quantitative estimate of drug-likeness (QED) is 0.946. The van der Waals surface area contributed by atoms with Crippen molar-refractivity contribution >= 4 is 17.5 Å². The maximum Gasteiger partial charge on any atom is 0.272 e. The molecular weight excluding hydrogens is 302 g/mol. The van der Waals surface area contributed by atoms with E-state index < -0.39 is 0 Å². The Morgan fingerprint density at radius 3 is 3.09 bits per heavy atom. The van der Waals surface area contributed by atoms with E-state index in [2.05, 4.69) is 17.1 Å². The summed E-state index contributed by atoms with van der Waals surface area (Å²) in [6, 6.07) is 9.20. The summed E-state index contributed by atoms with van der Waals surface area (Å²) in [5, 5.41) is 7.65. The van der Waals surface area contributed by atoms with Crippen LogP contribution in [0.3, 0.4) is 0 Å². The second-order valence-electron chi connectivity index (χ2n) is 5.30. The molecule has 0 spiro atoms. The third kappa shape index (κ3) is 3.00. The number of aromatic amines is 1. The number of H-pyrrole nitrogens is 1. The van der Waals surface area contributed by atoms with Crippen LogP contribution in [0.1, 0.15) is 23.8 Å². The molecule has 5 nitrogen and oxygen atoms in total. The van der Waals surface area contributed by atoms with E-state index in [-0.39, 0.29) is 12.0 Å². The number of amides is 1. The number of carbonyl (C=O) groups is 1. The van der Waals surface area contributed by atoms with Crippen LogP contribution in [0, 0.1) is 0 Å². The number of hydrogen-bond acceptors (Lipinski definition) is 3. The molecule has 116 valence electrons. The molecule has 1 N–H and O–H groups in total. The minimum atomic E-state index is -0.0486. The van der Waals surface area contributed by atoms with Gasteiger partial charge in [-0.1, -0.05) is 36.7 Å². The molecule has 22 heavy (non-hydrogen) atoms. The molecule has 1 amide bonds. The fourth-order valence-corrected chi connectivity index (χ4v) is 2.79. The van der Waals surface area contributed by atoms with Crippen LogP contribution in [-0.4, -0.2) is 46.8 Å². The maximum atomic E-state index is 12.6. The largest absolute Gasteiger partial charge is 0.375 e. The van der Waals surface area contributed by atoms with Crippen LogP contribution in [0.5, 0.6) is 0 Å². The first-order chi connectivity index (χ1) is 10.7. The van der Waals surface area contributed by atoms with Gasteiger partial charge in [-0.05, 0) is 18.6 Å². The number of hydrogen-bond donors (Lipinski definition) is 1. The predicted molar refractivity (Wildman–Crippen MR) is 85.0 cm³/mol. The zero-order valence-electron chi connectivity index (χ0n) is 12.4. The maximum absolute atomic E-state index is 12.6. The van der Waals surface area contributed by atoms with E-state index in [1.807, 2.05) is 23.1 Å². The van der Waals surface area contributed by atoms with Gasteiger partial charge in [0.1, 0.15) is 5.69 Å². The van der Waals surface area contributed by atoms with Crippen LogP contribution in [0.25, 0.3) is 11.3 Å². The summed E-state index contributed by atoms with van der Waals surface area (Å²) < 4.78 is 5.60. The first kappa shape index (κ1) is 15.1. The van der Waals surface area contributed by atoms with Crippen molar-refractivity contribution in [1.82, 2.24) is 15.1 Å². The molecule has 1 aromatic heterocycles. The number of benzene rings is 1. The summed E-state index contributed by atoms with van der Waals surface area (Å²) >= 11 is 6.17. The smallest absolute Gasteiger partial charge is 0.272 e. The zero-order chi connectivity index (χ0) is 15.5. The summed E-state index contributed by atoms with van der Waals surface area (Å²) in [5.41, 5.74) is 1.97. The van der Waals surface area contributed by atoms with Gasteiger partial charge < -0.3 is 9.64 Å². The molecule has 1 aromatic carbocycles. The number of ether oxygens (including phenoxy) is 1. The summed E-state index contributed by atoms with van der Waals surface area (Å²) in [6.07, 6.45) is 1.01. The second kappa shape index (κ2) is 6.50. The molecule has 0 aliphatic carbocycles. The highest BCUT2D eigenvalue weighted by atomic mass is 35.5. The van der Waals surface area contributed by atoms with E-state index in [9.17, 15) is 4.79 Å². The fraction of sp³-hybridized carbons (Fsp3) is 0.375. The van der Waals surface area contributed by atoms with Gasteiger partial charge in [0, 0.05) is 18.7 Å². The molecule has 1 fully saturated rings. The summed E-state index contributed by atoms with van der Waals surface area (Å²) in [5.74, 6) is -0.0486. The van der Waals surface area contributed by atoms with Gasteiger partial charge >= 0.3 is 0 Å². The van der Waals surface area contributed by atoms with Crippen LogP contribution < -0.4 is 0 Å². The Balaban J connectivity index is 1.79. The Bertz CT molecular complexity index is 671. The predicted octanol–water partition coefficient (Wildman–Crippen LogP) is 2.98. The Hall–Kier alpha value is -1.85. The third-order valence-corrected chi connectivity index (χ3v) is 4.17. The number of rotatable bonds is 3. The van der Waals surface area contributed by atoms with Crippen molar-refractivity contribution in [3.63, 3.8) is 0 Å². The van der Waals surface area contributed by atoms with Crippen LogP contribution in [-0.2, 0) is 4.74 Å². The topological polar surface area (TPSA) is 58.2 Å². The normalized spacial score (nSPS) is 18.5. The van der Waals surface area contributed by atoms with Crippen molar-refractivity contribution in [2.75, 3.05) is 19.7 Å². The molecule has 6 heteroatoms. The Labute approximate surface area is 134 Å². The van der Waals surface area contributed by atoms with Gasteiger partial charge in [0.2, 0.25) is 0 Å². The van der Waals surface area contributed by atoms with Gasteiger partial charge in [0.25, 0.3) is 5.91 Å². The zero-order valence-corrected chi connectivity index (χ0v) is 13.1. The average molecular weight is 320 g/mol. The number of morpholine rings is 1. The molecule has 1 saturated heterocycles. The lowest BCUT2D eigenvalue weighted by Crippen LogP contribution is -2.45. The summed E-state index contributed by atoms with van der Waals surface area (Å²) in [7, 11) is 0. The summed E-state index contributed by atoms with van der Waals surface area (Å²) in [6.45, 7) is 3.87. The number of nitrogens with one attached hydrogen (secondary N) is 1. The van der Waals surface area contributed by atoms with Crippen molar-refractivity contribution in [3.8, 4) is 11.3 Å². The van der Waals surface area contributed by atoms with Gasteiger partial charge in [-0.2, -0.15) is 5.10 Å². The fourth-order valence-electron chi connectivity index (χ4n) is 2.56. The van der Waals surface area contributed by atoms with Crippen LogP contribution in [0.2, 0.25) is 5.02 Å².